The zero-order valence-electron chi connectivity index (χ0n) is 13.9. The smallest absolute Gasteiger partial charge is 0.257 e. The Morgan fingerprint density at radius 3 is 2.80 bits per heavy atom. The van der Waals surface area contributed by atoms with Crippen molar-refractivity contribution >= 4 is 5.78 Å². The molecule has 1 saturated heterocycles. The van der Waals surface area contributed by atoms with Gasteiger partial charge in [-0.1, -0.05) is 17.3 Å². The maximum absolute atomic E-state index is 12.3. The van der Waals surface area contributed by atoms with Crippen molar-refractivity contribution < 1.29 is 9.32 Å². The summed E-state index contributed by atoms with van der Waals surface area (Å²) >= 11 is 0. The van der Waals surface area contributed by atoms with Gasteiger partial charge in [0, 0.05) is 48.7 Å². The molecule has 7 nitrogen and oxygen atoms in total. The number of hydrogen-bond donors (Lipinski definition) is 2. The Labute approximate surface area is 145 Å². The first-order valence-electron chi connectivity index (χ1n) is 8.25. The van der Waals surface area contributed by atoms with E-state index in [9.17, 15) is 4.79 Å². The van der Waals surface area contributed by atoms with Gasteiger partial charge < -0.3 is 14.8 Å². The van der Waals surface area contributed by atoms with Crippen LogP contribution in [0, 0.1) is 0 Å². The van der Waals surface area contributed by atoms with E-state index in [0.29, 0.717) is 22.8 Å². The number of carbonyl (C=O) groups is 1. The number of nitrogens with one attached hydrogen (secondary N) is 2. The third-order valence-corrected chi connectivity index (χ3v) is 4.50. The monoisotopic (exact) mass is 337 g/mol. The van der Waals surface area contributed by atoms with Gasteiger partial charge in [0.1, 0.15) is 0 Å². The average molecular weight is 337 g/mol. The fourth-order valence-electron chi connectivity index (χ4n) is 2.98. The maximum Gasteiger partial charge on any atom is 0.257 e. The summed E-state index contributed by atoms with van der Waals surface area (Å²) in [6, 6.07) is 9.10. The average Bonchev–Trinajstić information content (AvgIpc) is 3.34. The van der Waals surface area contributed by atoms with E-state index in [2.05, 4.69) is 32.4 Å². The third kappa shape index (κ3) is 3.11. The molecule has 0 amide bonds. The lowest BCUT2D eigenvalue weighted by molar-refractivity contribution is 0.103. The molecule has 0 saturated carbocycles. The van der Waals surface area contributed by atoms with Gasteiger partial charge in [-0.05, 0) is 25.2 Å². The molecule has 0 radical (unpaired) electrons. The Morgan fingerprint density at radius 2 is 2.08 bits per heavy atom. The number of H-pyrrole nitrogens is 1. The molecule has 1 aliphatic rings. The van der Waals surface area contributed by atoms with Crippen LogP contribution in [0.4, 0.5) is 0 Å². The van der Waals surface area contributed by atoms with Crippen LogP contribution in [0.5, 0.6) is 0 Å². The summed E-state index contributed by atoms with van der Waals surface area (Å²) in [7, 11) is 2.06. The molecular formula is C18H19N5O2. The Hall–Kier alpha value is -2.77. The van der Waals surface area contributed by atoms with Crippen LogP contribution in [0.3, 0.4) is 0 Å². The van der Waals surface area contributed by atoms with Crippen LogP contribution in [0.2, 0.25) is 0 Å². The number of hydrogen-bond acceptors (Lipinski definition) is 6. The fraction of sp³-hybridized carbons (Fsp3) is 0.278. The van der Waals surface area contributed by atoms with E-state index in [4.69, 9.17) is 4.52 Å². The Bertz CT molecular complexity index is 854. The number of piperazine rings is 1. The van der Waals surface area contributed by atoms with Crippen LogP contribution in [0.25, 0.3) is 11.5 Å². The number of nitrogens with zero attached hydrogens (tertiary/aromatic N) is 3. The number of ketones is 1. The number of benzene rings is 1. The van der Waals surface area contributed by atoms with Crippen molar-refractivity contribution in [2.24, 2.45) is 0 Å². The number of aromatic amines is 1. The van der Waals surface area contributed by atoms with E-state index in [1.54, 1.807) is 30.6 Å². The highest BCUT2D eigenvalue weighted by Gasteiger charge is 2.25. The normalized spacial score (nSPS) is 18.4. The van der Waals surface area contributed by atoms with E-state index in [-0.39, 0.29) is 11.8 Å². The Kier molecular flexibility index (Phi) is 4.17. The molecule has 2 aromatic heterocycles. The molecule has 0 bridgehead atoms. The zero-order valence-corrected chi connectivity index (χ0v) is 13.9. The van der Waals surface area contributed by atoms with E-state index in [0.717, 1.165) is 25.2 Å². The zero-order chi connectivity index (χ0) is 17.2. The third-order valence-electron chi connectivity index (χ3n) is 4.50. The molecule has 3 aromatic rings. The van der Waals surface area contributed by atoms with Crippen molar-refractivity contribution in [3.05, 3.63) is 59.7 Å². The molecule has 4 rings (SSSR count). The van der Waals surface area contributed by atoms with Crippen molar-refractivity contribution in [3.8, 4) is 11.5 Å². The molecule has 25 heavy (non-hydrogen) atoms. The number of likely N-dealkylation sites (N-methyl/N-ethyl adjacent to an activating group) is 1. The predicted molar refractivity (Wildman–Crippen MR) is 92.2 cm³/mol. The molecule has 1 unspecified atom stereocenters. The molecule has 0 aliphatic carbocycles. The summed E-state index contributed by atoms with van der Waals surface area (Å²) in [6.45, 7) is 2.72. The van der Waals surface area contributed by atoms with Gasteiger partial charge in [0.15, 0.2) is 11.6 Å². The summed E-state index contributed by atoms with van der Waals surface area (Å²) < 4.78 is 5.42. The largest absolute Gasteiger partial charge is 0.367 e. The number of carbonyl (C=O) groups excluding carboxylic acids is 1. The highest BCUT2D eigenvalue weighted by molar-refractivity contribution is 6.09. The SMILES string of the molecule is CN1CCNCC1c1noc(-c2ccc(C(=O)c3cc[nH]c3)cc2)n1. The van der Waals surface area contributed by atoms with Gasteiger partial charge in [-0.3, -0.25) is 9.69 Å². The van der Waals surface area contributed by atoms with E-state index >= 15 is 0 Å². The lowest BCUT2D eigenvalue weighted by Crippen LogP contribution is -2.44. The summed E-state index contributed by atoms with van der Waals surface area (Å²) in [5.74, 6) is 1.13. The van der Waals surface area contributed by atoms with Crippen LogP contribution < -0.4 is 5.32 Å². The minimum absolute atomic E-state index is 0.0195. The lowest BCUT2D eigenvalue weighted by Gasteiger charge is -2.30. The summed E-state index contributed by atoms with van der Waals surface area (Å²) in [6.07, 6.45) is 3.42. The molecule has 3 heterocycles. The molecule has 1 atom stereocenters. The van der Waals surface area contributed by atoms with E-state index in [1.165, 1.54) is 0 Å². The Balaban J connectivity index is 1.54. The van der Waals surface area contributed by atoms with Gasteiger partial charge in [-0.25, -0.2) is 0 Å². The predicted octanol–water partition coefficient (Wildman–Crippen LogP) is 1.87. The van der Waals surface area contributed by atoms with Crippen LogP contribution in [0.15, 0.2) is 47.2 Å². The highest BCUT2D eigenvalue weighted by Crippen LogP contribution is 2.23. The minimum atomic E-state index is -0.0195. The molecule has 0 spiro atoms. The molecule has 1 aromatic carbocycles. The second-order valence-electron chi connectivity index (χ2n) is 6.16. The highest BCUT2D eigenvalue weighted by atomic mass is 16.5. The van der Waals surface area contributed by atoms with Gasteiger partial charge >= 0.3 is 0 Å². The van der Waals surface area contributed by atoms with Crippen molar-refractivity contribution in [3.63, 3.8) is 0 Å². The molecular weight excluding hydrogens is 318 g/mol. The molecule has 1 aliphatic heterocycles. The molecule has 7 heteroatoms. The first kappa shape index (κ1) is 15.7. The quantitative estimate of drug-likeness (QED) is 0.707. The van der Waals surface area contributed by atoms with Gasteiger partial charge in [0.2, 0.25) is 0 Å². The van der Waals surface area contributed by atoms with Gasteiger partial charge in [-0.15, -0.1) is 0 Å². The first-order chi connectivity index (χ1) is 12.2. The number of aromatic nitrogens is 3. The van der Waals surface area contributed by atoms with Crippen molar-refractivity contribution in [1.82, 2.24) is 25.3 Å². The fourth-order valence-corrected chi connectivity index (χ4v) is 2.98. The Morgan fingerprint density at radius 1 is 1.24 bits per heavy atom. The number of rotatable bonds is 4. The molecule has 1 fully saturated rings. The summed E-state index contributed by atoms with van der Waals surface area (Å²) in [5.41, 5.74) is 2.07. The van der Waals surface area contributed by atoms with Crippen LogP contribution in [0.1, 0.15) is 27.8 Å². The van der Waals surface area contributed by atoms with Crippen LogP contribution in [-0.4, -0.2) is 52.5 Å². The topological polar surface area (TPSA) is 87.0 Å². The lowest BCUT2D eigenvalue weighted by atomic mass is 10.0. The van der Waals surface area contributed by atoms with Crippen molar-refractivity contribution in [2.45, 2.75) is 6.04 Å². The van der Waals surface area contributed by atoms with Crippen molar-refractivity contribution in [1.29, 1.82) is 0 Å². The first-order valence-corrected chi connectivity index (χ1v) is 8.25. The minimum Gasteiger partial charge on any atom is -0.367 e. The van der Waals surface area contributed by atoms with Gasteiger partial charge in [-0.2, -0.15) is 4.98 Å². The summed E-state index contributed by atoms with van der Waals surface area (Å²) in [5, 5.41) is 7.47. The van der Waals surface area contributed by atoms with Crippen molar-refractivity contribution in [2.75, 3.05) is 26.7 Å². The van der Waals surface area contributed by atoms with Crippen LogP contribution >= 0.6 is 0 Å². The summed E-state index contributed by atoms with van der Waals surface area (Å²) in [4.78, 5) is 22.0. The standard InChI is InChI=1S/C18H19N5O2/c1-23-9-8-20-11-15(23)17-21-18(25-22-17)13-4-2-12(3-5-13)16(24)14-6-7-19-10-14/h2-7,10,15,19-20H,8-9,11H2,1H3. The van der Waals surface area contributed by atoms with Gasteiger partial charge in [0.05, 0.1) is 6.04 Å². The molecule has 2 N–H and O–H groups in total. The second-order valence-corrected chi connectivity index (χ2v) is 6.16. The molecule has 128 valence electrons. The van der Waals surface area contributed by atoms with Crippen LogP contribution in [-0.2, 0) is 0 Å². The second kappa shape index (κ2) is 6.62. The maximum atomic E-state index is 12.3. The van der Waals surface area contributed by atoms with E-state index < -0.39 is 0 Å². The van der Waals surface area contributed by atoms with Gasteiger partial charge in [0.25, 0.3) is 5.89 Å². The van der Waals surface area contributed by atoms with E-state index in [1.807, 2.05) is 12.1 Å².